The summed E-state index contributed by atoms with van der Waals surface area (Å²) in [5.74, 6) is 0.608. The smallest absolute Gasteiger partial charge is 0.226 e. The van der Waals surface area contributed by atoms with Crippen molar-refractivity contribution in [1.29, 1.82) is 0 Å². The van der Waals surface area contributed by atoms with E-state index >= 15 is 0 Å². The van der Waals surface area contributed by atoms with Crippen molar-refractivity contribution in [1.82, 2.24) is 9.88 Å². The number of likely N-dealkylation sites (tertiary alicyclic amines) is 1. The predicted octanol–water partition coefficient (Wildman–Crippen LogP) is 4.10. The van der Waals surface area contributed by atoms with Gasteiger partial charge in [-0.1, -0.05) is 12.1 Å². The first-order valence-corrected chi connectivity index (χ1v) is 9.46. The van der Waals surface area contributed by atoms with Gasteiger partial charge in [0.1, 0.15) is 5.82 Å². The lowest BCUT2D eigenvalue weighted by Crippen LogP contribution is -2.40. The number of rotatable bonds is 3. The van der Waals surface area contributed by atoms with Gasteiger partial charge >= 0.3 is 0 Å². The molecule has 0 N–H and O–H groups in total. The maximum Gasteiger partial charge on any atom is 0.226 e. The molecule has 1 aliphatic carbocycles. The highest BCUT2D eigenvalue weighted by Gasteiger charge is 2.46. The molecular weight excluding hydrogens is 323 g/mol. The van der Waals surface area contributed by atoms with E-state index in [-0.39, 0.29) is 23.6 Å². The molecule has 1 aromatic carbocycles. The lowest BCUT2D eigenvalue weighted by molar-refractivity contribution is -0.133. The SMILES string of the molecule is Cc1csc([C@@H]2CCCN(C(=O)[C@@H]3C[C@H]3c3cccc(F)c3)C2)n1. The van der Waals surface area contributed by atoms with E-state index in [1.807, 2.05) is 17.9 Å². The molecule has 4 rings (SSSR count). The number of piperidine rings is 1. The van der Waals surface area contributed by atoms with Crippen molar-refractivity contribution in [2.24, 2.45) is 5.92 Å². The Hall–Kier alpha value is -1.75. The molecule has 24 heavy (non-hydrogen) atoms. The number of thiazole rings is 1. The Morgan fingerprint density at radius 1 is 1.42 bits per heavy atom. The average molecular weight is 344 g/mol. The largest absolute Gasteiger partial charge is 0.342 e. The van der Waals surface area contributed by atoms with Gasteiger partial charge < -0.3 is 4.90 Å². The maximum atomic E-state index is 13.4. The minimum atomic E-state index is -0.220. The van der Waals surface area contributed by atoms with Crippen molar-refractivity contribution < 1.29 is 9.18 Å². The van der Waals surface area contributed by atoms with Gasteiger partial charge in [0, 0.05) is 36.0 Å². The molecule has 1 saturated carbocycles. The molecule has 1 aliphatic heterocycles. The van der Waals surface area contributed by atoms with E-state index in [0.29, 0.717) is 5.92 Å². The molecular formula is C19H21FN2OS. The number of aromatic nitrogens is 1. The zero-order valence-electron chi connectivity index (χ0n) is 13.7. The second kappa shape index (κ2) is 6.28. The van der Waals surface area contributed by atoms with Crippen LogP contribution in [0.3, 0.4) is 0 Å². The molecule has 0 bridgehead atoms. The van der Waals surface area contributed by atoms with E-state index < -0.39 is 0 Å². The molecule has 1 saturated heterocycles. The molecule has 0 spiro atoms. The maximum absolute atomic E-state index is 13.4. The number of hydrogen-bond acceptors (Lipinski definition) is 3. The van der Waals surface area contributed by atoms with Gasteiger partial charge in [-0.3, -0.25) is 4.79 Å². The Kier molecular flexibility index (Phi) is 4.12. The first-order valence-electron chi connectivity index (χ1n) is 8.58. The van der Waals surface area contributed by atoms with Crippen LogP contribution in [0.1, 0.15) is 47.4 Å². The zero-order valence-corrected chi connectivity index (χ0v) is 14.6. The number of hydrogen-bond donors (Lipinski definition) is 0. The average Bonchev–Trinajstić information content (AvgIpc) is 3.28. The third-order valence-corrected chi connectivity index (χ3v) is 6.23. The summed E-state index contributed by atoms with van der Waals surface area (Å²) in [6, 6.07) is 6.67. The molecule has 2 aliphatic rings. The van der Waals surface area contributed by atoms with Gasteiger partial charge in [-0.25, -0.2) is 9.37 Å². The molecule has 0 unspecified atom stereocenters. The number of halogens is 1. The fourth-order valence-corrected chi connectivity index (χ4v) is 4.67. The van der Waals surface area contributed by atoms with Crippen molar-refractivity contribution in [2.45, 2.75) is 38.0 Å². The Labute approximate surface area is 145 Å². The zero-order chi connectivity index (χ0) is 16.7. The fourth-order valence-electron chi connectivity index (χ4n) is 3.75. The van der Waals surface area contributed by atoms with Crippen molar-refractivity contribution in [3.8, 4) is 0 Å². The summed E-state index contributed by atoms with van der Waals surface area (Å²) in [5.41, 5.74) is 2.02. The number of aryl methyl sites for hydroxylation is 1. The number of amides is 1. The van der Waals surface area contributed by atoms with Crippen LogP contribution >= 0.6 is 11.3 Å². The van der Waals surface area contributed by atoms with Crippen molar-refractivity contribution in [3.63, 3.8) is 0 Å². The summed E-state index contributed by atoms with van der Waals surface area (Å²) < 4.78 is 13.4. The number of benzene rings is 1. The van der Waals surface area contributed by atoms with Gasteiger partial charge in [0.25, 0.3) is 0 Å². The lowest BCUT2D eigenvalue weighted by atomic mass is 9.98. The fraction of sp³-hybridized carbons (Fsp3) is 0.474. The number of carbonyl (C=O) groups is 1. The highest BCUT2D eigenvalue weighted by molar-refractivity contribution is 7.09. The van der Waals surface area contributed by atoms with Gasteiger partial charge in [0.15, 0.2) is 0 Å². The molecule has 2 fully saturated rings. The van der Waals surface area contributed by atoms with E-state index in [4.69, 9.17) is 0 Å². The molecule has 5 heteroatoms. The molecule has 3 atom stereocenters. The van der Waals surface area contributed by atoms with Gasteiger partial charge in [0.2, 0.25) is 5.91 Å². The molecule has 1 amide bonds. The normalized spacial score (nSPS) is 26.4. The van der Waals surface area contributed by atoms with Crippen LogP contribution < -0.4 is 0 Å². The number of nitrogens with zero attached hydrogens (tertiary/aromatic N) is 2. The lowest BCUT2D eigenvalue weighted by Gasteiger charge is -2.32. The van der Waals surface area contributed by atoms with E-state index in [0.717, 1.165) is 48.6 Å². The van der Waals surface area contributed by atoms with Crippen LogP contribution in [-0.4, -0.2) is 28.9 Å². The van der Waals surface area contributed by atoms with Crippen LogP contribution in [0.15, 0.2) is 29.6 Å². The van der Waals surface area contributed by atoms with Gasteiger partial charge in [-0.2, -0.15) is 0 Å². The van der Waals surface area contributed by atoms with E-state index in [1.54, 1.807) is 23.5 Å². The van der Waals surface area contributed by atoms with E-state index in [1.165, 1.54) is 6.07 Å². The van der Waals surface area contributed by atoms with Crippen molar-refractivity contribution >= 4 is 17.2 Å². The Bertz CT molecular complexity index is 759. The summed E-state index contributed by atoms with van der Waals surface area (Å²) in [5, 5.41) is 3.24. The minimum absolute atomic E-state index is 0.0311. The summed E-state index contributed by atoms with van der Waals surface area (Å²) in [6.45, 7) is 3.63. The van der Waals surface area contributed by atoms with Crippen LogP contribution in [0.5, 0.6) is 0 Å². The summed E-state index contributed by atoms with van der Waals surface area (Å²) >= 11 is 1.70. The molecule has 2 aromatic rings. The van der Waals surface area contributed by atoms with Gasteiger partial charge in [-0.15, -0.1) is 11.3 Å². The van der Waals surface area contributed by atoms with Crippen LogP contribution in [0.4, 0.5) is 4.39 Å². The molecule has 2 heterocycles. The Morgan fingerprint density at radius 2 is 2.29 bits per heavy atom. The molecule has 1 aromatic heterocycles. The van der Waals surface area contributed by atoms with Gasteiger partial charge in [0.05, 0.1) is 5.01 Å². The summed E-state index contributed by atoms with van der Waals surface area (Å²) in [6.07, 6.45) is 2.99. The van der Waals surface area contributed by atoms with Crippen LogP contribution in [-0.2, 0) is 4.79 Å². The van der Waals surface area contributed by atoms with Crippen molar-refractivity contribution in [3.05, 3.63) is 51.7 Å². The Morgan fingerprint density at radius 3 is 3.04 bits per heavy atom. The highest BCUT2D eigenvalue weighted by Crippen LogP contribution is 2.49. The third-order valence-electron chi connectivity index (χ3n) is 5.10. The monoisotopic (exact) mass is 344 g/mol. The van der Waals surface area contributed by atoms with Crippen LogP contribution in [0.25, 0.3) is 0 Å². The van der Waals surface area contributed by atoms with Gasteiger partial charge in [-0.05, 0) is 49.8 Å². The van der Waals surface area contributed by atoms with Crippen LogP contribution in [0.2, 0.25) is 0 Å². The first-order chi connectivity index (χ1) is 11.6. The third kappa shape index (κ3) is 3.09. The second-order valence-corrected chi connectivity index (χ2v) is 7.84. The minimum Gasteiger partial charge on any atom is -0.342 e. The Balaban J connectivity index is 1.42. The highest BCUT2D eigenvalue weighted by atomic mass is 32.1. The van der Waals surface area contributed by atoms with Crippen LogP contribution in [0, 0.1) is 18.7 Å². The molecule has 0 radical (unpaired) electrons. The van der Waals surface area contributed by atoms with E-state index in [9.17, 15) is 9.18 Å². The van der Waals surface area contributed by atoms with E-state index in [2.05, 4.69) is 10.4 Å². The first kappa shape index (κ1) is 15.8. The standard InChI is InChI=1S/C19H21FN2OS/c1-12-11-24-18(21-12)14-5-3-7-22(10-14)19(23)17-9-16(17)13-4-2-6-15(20)8-13/h2,4,6,8,11,14,16-17H,3,5,7,9-10H2,1H3/t14-,16+,17-/m1/s1. The predicted molar refractivity (Wildman–Crippen MR) is 92.7 cm³/mol. The quantitative estimate of drug-likeness (QED) is 0.840. The molecule has 126 valence electrons. The molecule has 3 nitrogen and oxygen atoms in total. The van der Waals surface area contributed by atoms with Crippen molar-refractivity contribution in [2.75, 3.05) is 13.1 Å². The summed E-state index contributed by atoms with van der Waals surface area (Å²) in [4.78, 5) is 19.4. The number of carbonyl (C=O) groups excluding carboxylic acids is 1. The summed E-state index contributed by atoms with van der Waals surface area (Å²) in [7, 11) is 0. The second-order valence-electron chi connectivity index (χ2n) is 6.95. The topological polar surface area (TPSA) is 33.2 Å².